The maximum absolute atomic E-state index is 13.4. The number of fused-ring (bicyclic) bond motifs is 1. The minimum absolute atomic E-state index is 0.0439. The Bertz CT molecular complexity index is 1300. The molecule has 0 bridgehead atoms. The first-order valence-electron chi connectivity index (χ1n) is 9.58. The molecule has 7 heteroatoms. The molecule has 3 heterocycles. The van der Waals surface area contributed by atoms with Crippen molar-refractivity contribution in [3.8, 4) is 0 Å². The number of carbonyl (C=O) groups excluding carboxylic acids is 2. The Balaban J connectivity index is 1.62. The van der Waals surface area contributed by atoms with Gasteiger partial charge in [-0.1, -0.05) is 41.9 Å². The standard InChI is InChI=1S/C24H16ClNO5/c25-16-7-3-6-15(11-16)21-20(22(27)19-12-14-5-1-2-9-18(14)31-19)23(28)24(29)26(21)13-17-8-4-10-30-17/h1-12,21,28H,13H2. The van der Waals surface area contributed by atoms with E-state index in [4.69, 9.17) is 20.4 Å². The van der Waals surface area contributed by atoms with Crippen LogP contribution in [0.15, 0.2) is 93.2 Å². The number of carbonyl (C=O) groups is 2. The van der Waals surface area contributed by atoms with Gasteiger partial charge in [0.25, 0.3) is 5.91 Å². The third kappa shape index (κ3) is 3.31. The quantitative estimate of drug-likeness (QED) is 0.422. The first-order valence-corrected chi connectivity index (χ1v) is 9.96. The molecule has 5 rings (SSSR count). The molecule has 1 N–H and O–H groups in total. The van der Waals surface area contributed by atoms with Crippen LogP contribution in [0.1, 0.15) is 27.9 Å². The summed E-state index contributed by atoms with van der Waals surface area (Å²) >= 11 is 6.18. The summed E-state index contributed by atoms with van der Waals surface area (Å²) in [5, 5.41) is 11.9. The second kappa shape index (κ2) is 7.49. The van der Waals surface area contributed by atoms with Gasteiger partial charge in [0.05, 0.1) is 24.4 Å². The predicted octanol–water partition coefficient (Wildman–Crippen LogP) is 5.46. The lowest BCUT2D eigenvalue weighted by atomic mass is 9.95. The smallest absolute Gasteiger partial charge is 0.290 e. The fraction of sp³-hybridized carbons (Fsp3) is 0.0833. The number of hydrogen-bond donors (Lipinski definition) is 1. The van der Waals surface area contributed by atoms with Crippen molar-refractivity contribution >= 4 is 34.3 Å². The zero-order valence-electron chi connectivity index (χ0n) is 16.1. The van der Waals surface area contributed by atoms with E-state index in [9.17, 15) is 14.7 Å². The predicted molar refractivity (Wildman–Crippen MR) is 114 cm³/mol. The monoisotopic (exact) mass is 433 g/mol. The zero-order valence-corrected chi connectivity index (χ0v) is 16.9. The Kier molecular flexibility index (Phi) is 4.64. The number of aliphatic hydroxyl groups is 1. The maximum atomic E-state index is 13.4. The van der Waals surface area contributed by atoms with Crippen LogP contribution in [0.3, 0.4) is 0 Å². The first kappa shape index (κ1) is 19.2. The number of para-hydroxylation sites is 1. The van der Waals surface area contributed by atoms with Crippen LogP contribution >= 0.6 is 11.6 Å². The molecule has 0 spiro atoms. The minimum atomic E-state index is -0.850. The van der Waals surface area contributed by atoms with E-state index >= 15 is 0 Å². The van der Waals surface area contributed by atoms with Gasteiger partial charge in [-0.25, -0.2) is 0 Å². The van der Waals surface area contributed by atoms with Crippen LogP contribution in [0.2, 0.25) is 5.02 Å². The van der Waals surface area contributed by atoms with Gasteiger partial charge in [0, 0.05) is 10.4 Å². The summed E-state index contributed by atoms with van der Waals surface area (Å²) in [6.45, 7) is 0.0734. The van der Waals surface area contributed by atoms with Crippen molar-refractivity contribution in [2.75, 3.05) is 0 Å². The number of halogens is 1. The topological polar surface area (TPSA) is 83.9 Å². The highest BCUT2D eigenvalue weighted by Gasteiger charge is 2.44. The largest absolute Gasteiger partial charge is 0.503 e. The number of nitrogens with zero attached hydrogens (tertiary/aromatic N) is 1. The average molecular weight is 434 g/mol. The SMILES string of the molecule is O=C(C1=C(O)C(=O)N(Cc2ccco2)C1c1cccc(Cl)c1)c1cc2ccccc2o1. The van der Waals surface area contributed by atoms with Crippen molar-refractivity contribution in [2.24, 2.45) is 0 Å². The van der Waals surface area contributed by atoms with Crippen molar-refractivity contribution in [3.63, 3.8) is 0 Å². The highest BCUT2D eigenvalue weighted by atomic mass is 35.5. The fourth-order valence-electron chi connectivity index (χ4n) is 3.87. The lowest BCUT2D eigenvalue weighted by Gasteiger charge is -2.26. The van der Waals surface area contributed by atoms with Crippen LogP contribution < -0.4 is 0 Å². The van der Waals surface area contributed by atoms with E-state index in [1.807, 2.05) is 12.1 Å². The Morgan fingerprint density at radius 2 is 1.90 bits per heavy atom. The number of benzene rings is 2. The van der Waals surface area contributed by atoms with Gasteiger partial charge in [0.2, 0.25) is 5.78 Å². The summed E-state index contributed by atoms with van der Waals surface area (Å²) in [5.74, 6) is -1.27. The third-order valence-corrected chi connectivity index (χ3v) is 5.50. The zero-order chi connectivity index (χ0) is 21.5. The molecule has 0 radical (unpaired) electrons. The van der Waals surface area contributed by atoms with Crippen molar-refractivity contribution in [3.05, 3.63) is 106 Å². The van der Waals surface area contributed by atoms with E-state index in [2.05, 4.69) is 0 Å². The van der Waals surface area contributed by atoms with Crippen LogP contribution in [-0.4, -0.2) is 21.7 Å². The summed E-state index contributed by atoms with van der Waals surface area (Å²) in [5.41, 5.74) is 1.08. The van der Waals surface area contributed by atoms with Crippen LogP contribution in [0, 0.1) is 0 Å². The Hall–Kier alpha value is -3.77. The molecule has 0 fully saturated rings. The minimum Gasteiger partial charge on any atom is -0.503 e. The molecule has 0 saturated heterocycles. The molecule has 0 aliphatic carbocycles. The van der Waals surface area contributed by atoms with Crippen LogP contribution in [0.4, 0.5) is 0 Å². The third-order valence-electron chi connectivity index (χ3n) is 5.27. The molecule has 1 amide bonds. The summed E-state index contributed by atoms with van der Waals surface area (Å²) in [7, 11) is 0. The Morgan fingerprint density at radius 1 is 1.06 bits per heavy atom. The molecule has 2 aromatic heterocycles. The van der Waals surface area contributed by atoms with Gasteiger partial charge in [0.15, 0.2) is 11.5 Å². The fourth-order valence-corrected chi connectivity index (χ4v) is 4.07. The number of ketones is 1. The highest BCUT2D eigenvalue weighted by Crippen LogP contribution is 2.41. The highest BCUT2D eigenvalue weighted by molar-refractivity contribution is 6.30. The van der Waals surface area contributed by atoms with E-state index in [0.29, 0.717) is 21.9 Å². The van der Waals surface area contributed by atoms with Gasteiger partial charge in [-0.2, -0.15) is 0 Å². The van der Waals surface area contributed by atoms with E-state index in [1.54, 1.807) is 54.6 Å². The Labute approximate surface area is 181 Å². The molecule has 1 unspecified atom stereocenters. The van der Waals surface area contributed by atoms with Crippen molar-refractivity contribution < 1.29 is 23.5 Å². The number of aliphatic hydroxyl groups excluding tert-OH is 1. The van der Waals surface area contributed by atoms with Crippen LogP contribution in [0.5, 0.6) is 0 Å². The summed E-state index contributed by atoms with van der Waals surface area (Å²) in [6, 6.07) is 18.2. The molecular formula is C24H16ClNO5. The molecule has 1 aliphatic heterocycles. The van der Waals surface area contributed by atoms with Gasteiger partial charge in [-0.05, 0) is 42.0 Å². The van der Waals surface area contributed by atoms with Crippen molar-refractivity contribution in [2.45, 2.75) is 12.6 Å². The van der Waals surface area contributed by atoms with Crippen LogP contribution in [0.25, 0.3) is 11.0 Å². The Morgan fingerprint density at radius 3 is 2.65 bits per heavy atom. The second-order valence-electron chi connectivity index (χ2n) is 7.21. The molecule has 2 aromatic carbocycles. The average Bonchev–Trinajstić information content (AvgIpc) is 3.48. The number of furan rings is 2. The molecule has 6 nitrogen and oxygen atoms in total. The van der Waals surface area contributed by atoms with E-state index in [0.717, 1.165) is 5.39 Å². The normalized spacial score (nSPS) is 16.5. The van der Waals surface area contributed by atoms with Crippen molar-refractivity contribution in [1.82, 2.24) is 4.90 Å². The molecule has 31 heavy (non-hydrogen) atoms. The lowest BCUT2D eigenvalue weighted by molar-refractivity contribution is -0.130. The number of amides is 1. The van der Waals surface area contributed by atoms with Gasteiger partial charge in [-0.15, -0.1) is 0 Å². The summed E-state index contributed by atoms with van der Waals surface area (Å²) < 4.78 is 11.1. The summed E-state index contributed by atoms with van der Waals surface area (Å²) in [6.07, 6.45) is 1.50. The van der Waals surface area contributed by atoms with E-state index in [-0.39, 0.29) is 17.9 Å². The maximum Gasteiger partial charge on any atom is 0.290 e. The van der Waals surface area contributed by atoms with Crippen molar-refractivity contribution in [1.29, 1.82) is 0 Å². The first-order chi connectivity index (χ1) is 15.0. The molecule has 4 aromatic rings. The van der Waals surface area contributed by atoms with Gasteiger partial charge >= 0.3 is 0 Å². The van der Waals surface area contributed by atoms with Gasteiger partial charge < -0.3 is 18.8 Å². The number of hydrogen-bond acceptors (Lipinski definition) is 5. The van der Waals surface area contributed by atoms with E-state index in [1.165, 1.54) is 11.2 Å². The molecule has 0 saturated carbocycles. The molecular weight excluding hydrogens is 418 g/mol. The lowest BCUT2D eigenvalue weighted by Crippen LogP contribution is -2.30. The molecule has 1 aliphatic rings. The molecule has 154 valence electrons. The van der Waals surface area contributed by atoms with Crippen LogP contribution in [-0.2, 0) is 11.3 Å². The van der Waals surface area contributed by atoms with Gasteiger partial charge in [0.1, 0.15) is 11.3 Å². The number of Topliss-reactive ketones (excluding diaryl/α,β-unsaturated/α-hetero) is 1. The van der Waals surface area contributed by atoms with E-state index < -0.39 is 23.5 Å². The summed E-state index contributed by atoms with van der Waals surface area (Å²) in [4.78, 5) is 27.8. The van der Waals surface area contributed by atoms with Gasteiger partial charge in [-0.3, -0.25) is 9.59 Å². The second-order valence-corrected chi connectivity index (χ2v) is 7.65. The molecule has 1 atom stereocenters. The number of rotatable bonds is 5.